The van der Waals surface area contributed by atoms with Gasteiger partial charge < -0.3 is 42.6 Å². The van der Waals surface area contributed by atoms with E-state index in [-0.39, 0.29) is 12.8 Å². The number of amides is 3. The molecule has 0 fully saturated rings. The summed E-state index contributed by atoms with van der Waals surface area (Å²) in [5.74, 6) is -3.41. The molecule has 13 heteroatoms. The number of aliphatic carboxylic acids is 1. The van der Waals surface area contributed by atoms with Gasteiger partial charge >= 0.3 is 5.97 Å². The zero-order valence-corrected chi connectivity index (χ0v) is 17.3. The van der Waals surface area contributed by atoms with Gasteiger partial charge in [-0.3, -0.25) is 14.4 Å². The molecule has 4 atom stereocenters. The first-order chi connectivity index (χ1) is 14.7. The Hall–Kier alpha value is -3.03. The molecule has 0 radical (unpaired) electrons. The standard InChI is InChI=1S/C18H31N7O6/c1-10(20)15(27)24-13(6-11-7-21-9-22-11)17(29)23-12(4-2-3-5-19)16(28)25-14(8-26)18(30)31/h7,9-10,12-14,26H,2-6,8,19-20H2,1H3,(H,21,22)(H,23,29)(H,24,27)(H,25,28)(H,30,31). The topological polar surface area (TPSA) is 226 Å². The highest BCUT2D eigenvalue weighted by atomic mass is 16.4. The third-order valence-electron chi connectivity index (χ3n) is 4.40. The first-order valence-corrected chi connectivity index (χ1v) is 9.87. The number of carboxylic acid groups (broad SMARTS) is 1. The van der Waals surface area contributed by atoms with Crippen LogP contribution >= 0.6 is 0 Å². The molecule has 10 N–H and O–H groups in total. The van der Waals surface area contributed by atoms with E-state index in [0.717, 1.165) is 0 Å². The van der Waals surface area contributed by atoms with Crippen molar-refractivity contribution in [2.45, 2.75) is 56.8 Å². The fraction of sp³-hybridized carbons (Fsp3) is 0.611. The SMILES string of the molecule is CC(N)C(=O)NC(Cc1cnc[nH]1)C(=O)NC(CCCCN)C(=O)NC(CO)C(=O)O. The highest BCUT2D eigenvalue weighted by Gasteiger charge is 2.29. The number of aliphatic hydroxyl groups is 1. The Morgan fingerprint density at radius 3 is 2.19 bits per heavy atom. The summed E-state index contributed by atoms with van der Waals surface area (Å²) in [6.07, 6.45) is 4.23. The summed E-state index contributed by atoms with van der Waals surface area (Å²) in [5.41, 5.74) is 11.6. The van der Waals surface area contributed by atoms with Gasteiger partial charge in [-0.15, -0.1) is 0 Å². The molecule has 0 saturated carbocycles. The molecule has 0 aliphatic heterocycles. The van der Waals surface area contributed by atoms with Crippen LogP contribution in [0, 0.1) is 0 Å². The minimum Gasteiger partial charge on any atom is -0.480 e. The fourth-order valence-corrected chi connectivity index (χ4v) is 2.62. The predicted octanol–water partition coefficient (Wildman–Crippen LogP) is -3.04. The van der Waals surface area contributed by atoms with Crippen molar-refractivity contribution in [2.24, 2.45) is 11.5 Å². The van der Waals surface area contributed by atoms with Crippen LogP contribution in [0.1, 0.15) is 31.9 Å². The Morgan fingerprint density at radius 2 is 1.68 bits per heavy atom. The summed E-state index contributed by atoms with van der Waals surface area (Å²) in [6.45, 7) is 1.03. The molecular weight excluding hydrogens is 410 g/mol. The number of nitrogens with two attached hydrogens (primary N) is 2. The number of aliphatic hydroxyl groups excluding tert-OH is 1. The van der Waals surface area contributed by atoms with Gasteiger partial charge in [-0.25, -0.2) is 9.78 Å². The van der Waals surface area contributed by atoms with Gasteiger partial charge in [-0.1, -0.05) is 0 Å². The van der Waals surface area contributed by atoms with Crippen LogP contribution in [0.4, 0.5) is 0 Å². The second kappa shape index (κ2) is 13.3. The van der Waals surface area contributed by atoms with Gasteiger partial charge in [0.05, 0.1) is 19.0 Å². The summed E-state index contributed by atoms with van der Waals surface area (Å²) < 4.78 is 0. The van der Waals surface area contributed by atoms with Gasteiger partial charge in [-0.05, 0) is 32.7 Å². The van der Waals surface area contributed by atoms with E-state index in [1.165, 1.54) is 19.4 Å². The van der Waals surface area contributed by atoms with Crippen molar-refractivity contribution in [3.8, 4) is 0 Å². The minimum atomic E-state index is -1.51. The lowest BCUT2D eigenvalue weighted by molar-refractivity contribution is -0.143. The number of rotatable bonds is 14. The van der Waals surface area contributed by atoms with Crippen molar-refractivity contribution in [1.29, 1.82) is 0 Å². The number of unbranched alkanes of at least 4 members (excludes halogenated alkanes) is 1. The Kier molecular flexibility index (Phi) is 11.2. The molecule has 174 valence electrons. The van der Waals surface area contributed by atoms with E-state index < -0.39 is 54.5 Å². The molecule has 1 aromatic heterocycles. The van der Waals surface area contributed by atoms with Gasteiger partial charge in [0.15, 0.2) is 0 Å². The van der Waals surface area contributed by atoms with E-state index >= 15 is 0 Å². The molecule has 0 saturated heterocycles. The van der Waals surface area contributed by atoms with Gasteiger partial charge in [0.25, 0.3) is 0 Å². The number of imidazole rings is 1. The molecule has 1 rings (SSSR count). The number of hydrogen-bond acceptors (Lipinski definition) is 8. The third kappa shape index (κ3) is 9.11. The van der Waals surface area contributed by atoms with Crippen molar-refractivity contribution in [2.75, 3.05) is 13.2 Å². The maximum Gasteiger partial charge on any atom is 0.328 e. The third-order valence-corrected chi connectivity index (χ3v) is 4.40. The number of aromatic amines is 1. The maximum atomic E-state index is 12.9. The molecule has 0 spiro atoms. The number of carboxylic acids is 1. The Bertz CT molecular complexity index is 725. The Morgan fingerprint density at radius 1 is 1.06 bits per heavy atom. The van der Waals surface area contributed by atoms with E-state index in [0.29, 0.717) is 25.1 Å². The molecular formula is C18H31N7O6. The van der Waals surface area contributed by atoms with Crippen molar-refractivity contribution in [3.63, 3.8) is 0 Å². The Balaban J connectivity index is 2.96. The van der Waals surface area contributed by atoms with Crippen LogP contribution in [0.15, 0.2) is 12.5 Å². The normalized spacial score (nSPS) is 14.7. The second-order valence-electron chi connectivity index (χ2n) is 7.06. The largest absolute Gasteiger partial charge is 0.480 e. The van der Waals surface area contributed by atoms with Crippen LogP contribution in [-0.4, -0.2) is 81.2 Å². The van der Waals surface area contributed by atoms with Gasteiger partial charge in [0.2, 0.25) is 17.7 Å². The molecule has 0 aromatic carbocycles. The summed E-state index contributed by atoms with van der Waals surface area (Å²) in [6, 6.07) is -4.53. The number of carbonyl (C=O) groups is 4. The molecule has 4 unspecified atom stereocenters. The molecule has 13 nitrogen and oxygen atoms in total. The minimum absolute atomic E-state index is 0.0653. The van der Waals surface area contributed by atoms with Crippen LogP contribution in [0.2, 0.25) is 0 Å². The van der Waals surface area contributed by atoms with Crippen molar-refractivity contribution < 1.29 is 29.4 Å². The van der Waals surface area contributed by atoms with Gasteiger partial charge in [0.1, 0.15) is 18.1 Å². The van der Waals surface area contributed by atoms with Crippen LogP contribution in [-0.2, 0) is 25.6 Å². The van der Waals surface area contributed by atoms with E-state index in [9.17, 15) is 19.2 Å². The summed E-state index contributed by atoms with van der Waals surface area (Å²) in [5, 5.41) is 25.4. The number of aromatic nitrogens is 2. The lowest BCUT2D eigenvalue weighted by Gasteiger charge is -2.24. The highest BCUT2D eigenvalue weighted by Crippen LogP contribution is 2.05. The molecule has 0 aliphatic rings. The Labute approximate surface area is 179 Å². The summed E-state index contributed by atoms with van der Waals surface area (Å²) in [4.78, 5) is 55.3. The number of carbonyl (C=O) groups excluding carboxylic acids is 3. The lowest BCUT2D eigenvalue weighted by atomic mass is 10.1. The molecule has 31 heavy (non-hydrogen) atoms. The van der Waals surface area contributed by atoms with Crippen molar-refractivity contribution in [3.05, 3.63) is 18.2 Å². The van der Waals surface area contributed by atoms with Gasteiger partial charge in [0, 0.05) is 18.3 Å². The van der Waals surface area contributed by atoms with Crippen LogP contribution in [0.3, 0.4) is 0 Å². The first kappa shape index (κ1) is 26.0. The highest BCUT2D eigenvalue weighted by molar-refractivity contribution is 5.94. The number of H-pyrrole nitrogens is 1. The summed E-state index contributed by atoms with van der Waals surface area (Å²) >= 11 is 0. The second-order valence-corrected chi connectivity index (χ2v) is 7.06. The zero-order valence-electron chi connectivity index (χ0n) is 17.3. The van der Waals surface area contributed by atoms with Crippen molar-refractivity contribution in [1.82, 2.24) is 25.9 Å². The molecule has 1 heterocycles. The smallest absolute Gasteiger partial charge is 0.328 e. The molecule has 0 bridgehead atoms. The number of nitrogens with zero attached hydrogens (tertiary/aromatic N) is 1. The molecule has 3 amide bonds. The number of hydrogen-bond donors (Lipinski definition) is 8. The van der Waals surface area contributed by atoms with E-state index in [1.54, 1.807) is 0 Å². The quantitative estimate of drug-likeness (QED) is 0.137. The lowest BCUT2D eigenvalue weighted by Crippen LogP contribution is -2.57. The van der Waals surface area contributed by atoms with E-state index in [2.05, 4.69) is 25.9 Å². The van der Waals surface area contributed by atoms with Crippen LogP contribution in [0.5, 0.6) is 0 Å². The fourth-order valence-electron chi connectivity index (χ4n) is 2.62. The monoisotopic (exact) mass is 441 g/mol. The average molecular weight is 441 g/mol. The predicted molar refractivity (Wildman–Crippen MR) is 109 cm³/mol. The molecule has 1 aromatic rings. The van der Waals surface area contributed by atoms with Crippen LogP contribution < -0.4 is 27.4 Å². The van der Waals surface area contributed by atoms with Crippen molar-refractivity contribution >= 4 is 23.7 Å². The molecule has 0 aliphatic carbocycles. The average Bonchev–Trinajstić information content (AvgIpc) is 3.23. The number of nitrogens with one attached hydrogen (secondary N) is 4. The maximum absolute atomic E-state index is 12.9. The van der Waals surface area contributed by atoms with E-state index in [4.69, 9.17) is 21.7 Å². The van der Waals surface area contributed by atoms with Crippen LogP contribution in [0.25, 0.3) is 0 Å². The zero-order chi connectivity index (χ0) is 23.4. The summed E-state index contributed by atoms with van der Waals surface area (Å²) in [7, 11) is 0. The van der Waals surface area contributed by atoms with Gasteiger partial charge in [-0.2, -0.15) is 0 Å². The van der Waals surface area contributed by atoms with E-state index in [1.807, 2.05) is 0 Å². The first-order valence-electron chi connectivity index (χ1n) is 9.87.